The van der Waals surface area contributed by atoms with Crippen LogP contribution in [0.25, 0.3) is 0 Å². The lowest BCUT2D eigenvalue weighted by molar-refractivity contribution is -0.123. The van der Waals surface area contributed by atoms with Gasteiger partial charge in [-0.25, -0.2) is 4.39 Å². The van der Waals surface area contributed by atoms with Crippen molar-refractivity contribution < 1.29 is 23.5 Å². The second-order valence-electron chi connectivity index (χ2n) is 8.11. The van der Waals surface area contributed by atoms with Gasteiger partial charge in [0.1, 0.15) is 11.6 Å². The number of anilines is 1. The molecule has 3 aliphatic rings. The highest BCUT2D eigenvalue weighted by Crippen LogP contribution is 2.56. The number of halogens is 1. The van der Waals surface area contributed by atoms with Crippen molar-refractivity contribution in [1.82, 2.24) is 0 Å². The first-order chi connectivity index (χ1) is 14.0. The number of hydrogen-bond donors (Lipinski definition) is 0. The molecule has 5 rings (SSSR count). The molecule has 3 fully saturated rings. The molecule has 1 aliphatic heterocycles. The van der Waals surface area contributed by atoms with Gasteiger partial charge in [-0.2, -0.15) is 0 Å². The molecule has 148 valence electrons. The van der Waals surface area contributed by atoms with Crippen molar-refractivity contribution in [2.75, 3.05) is 11.5 Å². The van der Waals surface area contributed by atoms with Crippen LogP contribution in [0.5, 0.6) is 5.75 Å². The Labute approximate surface area is 167 Å². The quantitative estimate of drug-likeness (QED) is 0.575. The number of carbonyl (C=O) groups is 3. The molecule has 2 bridgehead atoms. The molecular weight excluding hydrogens is 373 g/mol. The first-order valence-electron chi connectivity index (χ1n) is 9.92. The molecule has 6 heteroatoms. The van der Waals surface area contributed by atoms with Gasteiger partial charge in [-0.05, 0) is 79.6 Å². The summed E-state index contributed by atoms with van der Waals surface area (Å²) in [5, 5.41) is 0. The lowest BCUT2D eigenvalue weighted by Gasteiger charge is -2.19. The Balaban J connectivity index is 1.26. The van der Waals surface area contributed by atoms with Crippen molar-refractivity contribution in [2.24, 2.45) is 23.7 Å². The van der Waals surface area contributed by atoms with E-state index >= 15 is 0 Å². The third-order valence-electron chi connectivity index (χ3n) is 6.56. The van der Waals surface area contributed by atoms with E-state index in [1.807, 2.05) is 0 Å². The van der Waals surface area contributed by atoms with E-state index in [0.29, 0.717) is 28.8 Å². The molecule has 0 spiro atoms. The molecule has 0 aromatic heterocycles. The predicted octanol–water partition coefficient (Wildman–Crippen LogP) is 3.62. The molecule has 4 unspecified atom stereocenters. The van der Waals surface area contributed by atoms with E-state index in [-0.39, 0.29) is 36.0 Å². The molecule has 5 nitrogen and oxygen atoms in total. The Hall–Kier alpha value is -3.02. The van der Waals surface area contributed by atoms with Crippen LogP contribution >= 0.6 is 0 Å². The Morgan fingerprint density at radius 3 is 2.10 bits per heavy atom. The lowest BCUT2D eigenvalue weighted by atomic mass is 9.81. The molecule has 4 atom stereocenters. The summed E-state index contributed by atoms with van der Waals surface area (Å²) in [5.41, 5.74) is 0.920. The summed E-state index contributed by atoms with van der Waals surface area (Å²) in [6.07, 6.45) is 3.11. The number of imide groups is 1. The fraction of sp³-hybridized carbons (Fsp3) is 0.348. The molecular formula is C23H20FNO4. The molecule has 2 aromatic rings. The van der Waals surface area contributed by atoms with Crippen molar-refractivity contribution in [3.8, 4) is 5.75 Å². The third kappa shape index (κ3) is 2.94. The molecule has 0 radical (unpaired) electrons. The van der Waals surface area contributed by atoms with Crippen LogP contribution in [0.2, 0.25) is 0 Å². The summed E-state index contributed by atoms with van der Waals surface area (Å²) < 4.78 is 18.5. The number of ketones is 1. The van der Waals surface area contributed by atoms with Gasteiger partial charge in [0.2, 0.25) is 11.8 Å². The standard InChI is InChI=1S/C23H20FNO4/c24-16-5-3-13(4-6-16)19(26)12-29-18-9-7-17(8-10-18)25-22(27)20-14-1-2-15(11-14)21(20)23(25)28/h3-10,14-15,20-21H,1-2,11-12H2. The zero-order valence-corrected chi connectivity index (χ0v) is 15.7. The third-order valence-corrected chi connectivity index (χ3v) is 6.56. The van der Waals surface area contributed by atoms with E-state index in [1.54, 1.807) is 24.3 Å². The van der Waals surface area contributed by atoms with Crippen LogP contribution in [0.4, 0.5) is 10.1 Å². The fourth-order valence-electron chi connectivity index (χ4n) is 5.22. The Bertz CT molecular complexity index is 957. The minimum atomic E-state index is -0.402. The summed E-state index contributed by atoms with van der Waals surface area (Å²) >= 11 is 0. The van der Waals surface area contributed by atoms with E-state index in [9.17, 15) is 18.8 Å². The first-order valence-corrected chi connectivity index (χ1v) is 9.92. The maximum atomic E-state index is 12.9. The van der Waals surface area contributed by atoms with Gasteiger partial charge in [0, 0.05) is 5.56 Å². The predicted molar refractivity (Wildman–Crippen MR) is 103 cm³/mol. The minimum absolute atomic E-state index is 0.0765. The number of amides is 2. The van der Waals surface area contributed by atoms with E-state index in [1.165, 1.54) is 29.2 Å². The molecule has 2 aromatic carbocycles. The summed E-state index contributed by atoms with van der Waals surface area (Å²) in [5.74, 6) is 0.0563. The van der Waals surface area contributed by atoms with Gasteiger partial charge in [-0.3, -0.25) is 19.3 Å². The first kappa shape index (κ1) is 18.0. The number of benzene rings is 2. The smallest absolute Gasteiger partial charge is 0.237 e. The van der Waals surface area contributed by atoms with Crippen LogP contribution in [0.3, 0.4) is 0 Å². The zero-order valence-electron chi connectivity index (χ0n) is 15.7. The number of Topliss-reactive ketones (excluding diaryl/α,β-unsaturated/α-hetero) is 1. The normalized spacial score (nSPS) is 27.4. The summed E-state index contributed by atoms with van der Waals surface area (Å²) in [7, 11) is 0. The summed E-state index contributed by atoms with van der Waals surface area (Å²) in [6, 6.07) is 11.9. The van der Waals surface area contributed by atoms with Crippen LogP contribution < -0.4 is 9.64 Å². The lowest BCUT2D eigenvalue weighted by Crippen LogP contribution is -2.32. The second kappa shape index (κ2) is 6.79. The van der Waals surface area contributed by atoms with Crippen molar-refractivity contribution >= 4 is 23.3 Å². The molecule has 1 saturated heterocycles. The number of ether oxygens (including phenoxy) is 1. The SMILES string of the molecule is O=C(COc1ccc(N2C(=O)C3C4CCC(C4)C3C2=O)cc1)c1ccc(F)cc1. The average Bonchev–Trinajstić information content (AvgIpc) is 3.41. The van der Waals surface area contributed by atoms with Gasteiger partial charge < -0.3 is 4.74 Å². The van der Waals surface area contributed by atoms with E-state index in [2.05, 4.69) is 0 Å². The number of hydrogen-bond acceptors (Lipinski definition) is 4. The van der Waals surface area contributed by atoms with Crippen molar-refractivity contribution in [3.05, 3.63) is 59.9 Å². The van der Waals surface area contributed by atoms with E-state index < -0.39 is 5.82 Å². The molecule has 2 saturated carbocycles. The highest BCUT2D eigenvalue weighted by molar-refractivity contribution is 6.22. The maximum absolute atomic E-state index is 12.9. The van der Waals surface area contributed by atoms with Crippen molar-refractivity contribution in [1.29, 1.82) is 0 Å². The van der Waals surface area contributed by atoms with Crippen LogP contribution in [0, 0.1) is 29.5 Å². The summed E-state index contributed by atoms with van der Waals surface area (Å²) in [4.78, 5) is 39.2. The number of fused-ring (bicyclic) bond motifs is 5. The Kier molecular flexibility index (Phi) is 4.23. The van der Waals surface area contributed by atoms with Crippen molar-refractivity contribution in [2.45, 2.75) is 19.3 Å². The van der Waals surface area contributed by atoms with Crippen LogP contribution in [-0.2, 0) is 9.59 Å². The highest BCUT2D eigenvalue weighted by atomic mass is 19.1. The van der Waals surface area contributed by atoms with E-state index in [0.717, 1.165) is 19.3 Å². The van der Waals surface area contributed by atoms with Gasteiger partial charge in [-0.15, -0.1) is 0 Å². The van der Waals surface area contributed by atoms with Crippen LogP contribution in [0.15, 0.2) is 48.5 Å². The molecule has 2 amide bonds. The molecule has 1 heterocycles. The topological polar surface area (TPSA) is 63.7 Å². The number of rotatable bonds is 5. The summed E-state index contributed by atoms with van der Waals surface area (Å²) in [6.45, 7) is -0.180. The van der Waals surface area contributed by atoms with Crippen LogP contribution in [0.1, 0.15) is 29.6 Å². The monoisotopic (exact) mass is 393 g/mol. The zero-order chi connectivity index (χ0) is 20.1. The molecule has 2 aliphatic carbocycles. The van der Waals surface area contributed by atoms with Crippen LogP contribution in [-0.4, -0.2) is 24.2 Å². The highest BCUT2D eigenvalue weighted by Gasteiger charge is 2.61. The van der Waals surface area contributed by atoms with Crippen molar-refractivity contribution in [3.63, 3.8) is 0 Å². The van der Waals surface area contributed by atoms with Gasteiger partial charge >= 0.3 is 0 Å². The largest absolute Gasteiger partial charge is 0.485 e. The maximum Gasteiger partial charge on any atom is 0.237 e. The molecule has 0 N–H and O–H groups in total. The second-order valence-corrected chi connectivity index (χ2v) is 8.11. The van der Waals surface area contributed by atoms with Gasteiger partial charge in [-0.1, -0.05) is 0 Å². The van der Waals surface area contributed by atoms with Gasteiger partial charge in [0.15, 0.2) is 12.4 Å². The minimum Gasteiger partial charge on any atom is -0.485 e. The van der Waals surface area contributed by atoms with Gasteiger partial charge in [0.25, 0.3) is 0 Å². The van der Waals surface area contributed by atoms with Gasteiger partial charge in [0.05, 0.1) is 17.5 Å². The fourth-order valence-corrected chi connectivity index (χ4v) is 5.22. The van der Waals surface area contributed by atoms with E-state index in [4.69, 9.17) is 4.74 Å². The Morgan fingerprint density at radius 1 is 0.931 bits per heavy atom. The average molecular weight is 393 g/mol. The number of carbonyl (C=O) groups excluding carboxylic acids is 3. The Morgan fingerprint density at radius 2 is 1.52 bits per heavy atom. The molecule has 29 heavy (non-hydrogen) atoms. The number of nitrogens with zero attached hydrogens (tertiary/aromatic N) is 1.